The van der Waals surface area contributed by atoms with Gasteiger partial charge in [0, 0.05) is 5.56 Å². The Kier molecular flexibility index (Phi) is 4.23. The molecule has 0 saturated carbocycles. The van der Waals surface area contributed by atoms with E-state index in [1.54, 1.807) is 12.1 Å². The number of aromatic nitrogens is 1. The van der Waals surface area contributed by atoms with E-state index in [1.165, 1.54) is 6.20 Å². The minimum absolute atomic E-state index is 0.153. The number of pyridine rings is 1. The lowest BCUT2D eigenvalue weighted by molar-refractivity contribution is 0.288. The van der Waals surface area contributed by atoms with Crippen LogP contribution in [-0.2, 0) is 0 Å². The Bertz CT molecular complexity index is 538. The maximum atomic E-state index is 9.25. The zero-order valence-electron chi connectivity index (χ0n) is 11.1. The third kappa shape index (κ3) is 3.16. The van der Waals surface area contributed by atoms with Crippen molar-refractivity contribution in [3.8, 4) is 28.5 Å². The summed E-state index contributed by atoms with van der Waals surface area (Å²) in [6.45, 7) is 5.04. The second kappa shape index (κ2) is 6.09. The quantitative estimate of drug-likeness (QED) is 0.895. The predicted octanol–water partition coefficient (Wildman–Crippen LogP) is 3.25. The Morgan fingerprint density at radius 2 is 1.74 bits per heavy atom. The van der Waals surface area contributed by atoms with E-state index in [1.807, 2.05) is 32.0 Å². The normalized spacial score (nSPS) is 10.2. The van der Waals surface area contributed by atoms with Gasteiger partial charge in [-0.05, 0) is 44.2 Å². The zero-order chi connectivity index (χ0) is 13.7. The Morgan fingerprint density at radius 1 is 1.00 bits per heavy atom. The highest BCUT2D eigenvalue weighted by Gasteiger charge is 2.08. The van der Waals surface area contributed by atoms with E-state index < -0.39 is 0 Å². The summed E-state index contributed by atoms with van der Waals surface area (Å²) in [7, 11) is 0. The number of aromatic hydroxyl groups is 1. The molecule has 0 aliphatic heterocycles. The van der Waals surface area contributed by atoms with Crippen LogP contribution in [0, 0.1) is 0 Å². The van der Waals surface area contributed by atoms with Gasteiger partial charge < -0.3 is 14.6 Å². The van der Waals surface area contributed by atoms with Gasteiger partial charge in [-0.3, -0.25) is 4.98 Å². The highest BCUT2D eigenvalue weighted by Crippen LogP contribution is 2.32. The molecule has 4 heteroatoms. The average molecular weight is 259 g/mol. The highest BCUT2D eigenvalue weighted by atomic mass is 16.5. The lowest BCUT2D eigenvalue weighted by Gasteiger charge is -2.12. The van der Waals surface area contributed by atoms with Crippen molar-refractivity contribution in [3.63, 3.8) is 0 Å². The van der Waals surface area contributed by atoms with Gasteiger partial charge in [0.1, 0.15) is 5.75 Å². The van der Waals surface area contributed by atoms with Gasteiger partial charge in [-0.2, -0.15) is 0 Å². The third-order valence-electron chi connectivity index (χ3n) is 2.59. The van der Waals surface area contributed by atoms with Gasteiger partial charge in [-0.1, -0.05) is 0 Å². The molecule has 0 radical (unpaired) electrons. The number of nitrogens with zero attached hydrogens (tertiary/aromatic N) is 1. The van der Waals surface area contributed by atoms with Crippen LogP contribution < -0.4 is 9.47 Å². The topological polar surface area (TPSA) is 51.6 Å². The molecule has 0 fully saturated rings. The number of hydrogen-bond donors (Lipinski definition) is 1. The van der Waals surface area contributed by atoms with E-state index in [0.29, 0.717) is 19.0 Å². The maximum absolute atomic E-state index is 9.25. The van der Waals surface area contributed by atoms with E-state index in [9.17, 15) is 5.11 Å². The van der Waals surface area contributed by atoms with Crippen LogP contribution >= 0.6 is 0 Å². The molecule has 1 aromatic heterocycles. The molecule has 0 amide bonds. The number of ether oxygens (including phenoxy) is 2. The van der Waals surface area contributed by atoms with Crippen LogP contribution in [-0.4, -0.2) is 23.3 Å². The molecule has 2 rings (SSSR count). The van der Waals surface area contributed by atoms with Crippen molar-refractivity contribution in [2.24, 2.45) is 0 Å². The van der Waals surface area contributed by atoms with Crippen molar-refractivity contribution in [3.05, 3.63) is 36.5 Å². The third-order valence-corrected chi connectivity index (χ3v) is 2.59. The van der Waals surface area contributed by atoms with Gasteiger partial charge in [0.05, 0.1) is 25.1 Å². The van der Waals surface area contributed by atoms with Crippen molar-refractivity contribution in [1.82, 2.24) is 4.98 Å². The van der Waals surface area contributed by atoms with Gasteiger partial charge in [0.25, 0.3) is 0 Å². The molecule has 4 nitrogen and oxygen atoms in total. The Balaban J connectivity index is 2.36. The van der Waals surface area contributed by atoms with Crippen LogP contribution in [0.5, 0.6) is 17.2 Å². The molecular formula is C15H17NO3. The molecule has 0 aliphatic carbocycles. The van der Waals surface area contributed by atoms with E-state index in [0.717, 1.165) is 17.0 Å². The molecule has 0 spiro atoms. The first-order chi connectivity index (χ1) is 9.24. The summed E-state index contributed by atoms with van der Waals surface area (Å²) >= 11 is 0. The molecule has 0 atom stereocenters. The first kappa shape index (κ1) is 13.2. The largest absolute Gasteiger partial charge is 0.506 e. The van der Waals surface area contributed by atoms with Gasteiger partial charge in [0.15, 0.2) is 11.5 Å². The SMILES string of the molecule is CCOc1ccc(-c2ccc(O)cn2)cc1OCC. The lowest BCUT2D eigenvalue weighted by Crippen LogP contribution is -1.98. The standard InChI is InChI=1S/C15H17NO3/c1-3-18-14-8-5-11(9-15(14)19-4-2)13-7-6-12(17)10-16-13/h5-10,17H,3-4H2,1-2H3. The molecule has 0 bridgehead atoms. The van der Waals surface area contributed by atoms with Crippen LogP contribution in [0.25, 0.3) is 11.3 Å². The molecule has 1 N–H and O–H groups in total. The summed E-state index contributed by atoms with van der Waals surface area (Å²) in [4.78, 5) is 4.18. The fraction of sp³-hybridized carbons (Fsp3) is 0.267. The van der Waals surface area contributed by atoms with E-state index in [2.05, 4.69) is 4.98 Å². The molecule has 0 saturated heterocycles. The van der Waals surface area contributed by atoms with E-state index in [4.69, 9.17) is 9.47 Å². The summed E-state index contributed by atoms with van der Waals surface area (Å²) in [6.07, 6.45) is 1.42. The minimum atomic E-state index is 0.153. The smallest absolute Gasteiger partial charge is 0.161 e. The van der Waals surface area contributed by atoms with Crippen molar-refractivity contribution in [1.29, 1.82) is 0 Å². The summed E-state index contributed by atoms with van der Waals surface area (Å²) < 4.78 is 11.1. The Labute approximate surface area is 112 Å². The fourth-order valence-corrected chi connectivity index (χ4v) is 1.77. The second-order valence-electron chi connectivity index (χ2n) is 3.93. The summed E-state index contributed by atoms with van der Waals surface area (Å²) in [6, 6.07) is 9.07. The van der Waals surface area contributed by atoms with Crippen molar-refractivity contribution in [2.75, 3.05) is 13.2 Å². The van der Waals surface area contributed by atoms with E-state index in [-0.39, 0.29) is 5.75 Å². The summed E-state index contributed by atoms with van der Waals surface area (Å²) in [5.74, 6) is 1.59. The maximum Gasteiger partial charge on any atom is 0.161 e. The fourth-order valence-electron chi connectivity index (χ4n) is 1.77. The molecule has 0 aliphatic rings. The van der Waals surface area contributed by atoms with Crippen LogP contribution in [0.3, 0.4) is 0 Å². The lowest BCUT2D eigenvalue weighted by atomic mass is 10.1. The molecular weight excluding hydrogens is 242 g/mol. The Morgan fingerprint density at radius 3 is 2.37 bits per heavy atom. The predicted molar refractivity (Wildman–Crippen MR) is 73.7 cm³/mol. The highest BCUT2D eigenvalue weighted by molar-refractivity contribution is 5.64. The number of rotatable bonds is 5. The summed E-state index contributed by atoms with van der Waals surface area (Å²) in [5.41, 5.74) is 1.70. The minimum Gasteiger partial charge on any atom is -0.506 e. The molecule has 1 heterocycles. The van der Waals surface area contributed by atoms with Crippen LogP contribution in [0.1, 0.15) is 13.8 Å². The average Bonchev–Trinajstić information content (AvgIpc) is 2.42. The molecule has 19 heavy (non-hydrogen) atoms. The van der Waals surface area contributed by atoms with Crippen LogP contribution in [0.4, 0.5) is 0 Å². The van der Waals surface area contributed by atoms with Gasteiger partial charge >= 0.3 is 0 Å². The molecule has 100 valence electrons. The summed E-state index contributed by atoms with van der Waals surface area (Å²) in [5, 5.41) is 9.25. The van der Waals surface area contributed by atoms with Crippen LogP contribution in [0.2, 0.25) is 0 Å². The van der Waals surface area contributed by atoms with Crippen molar-refractivity contribution >= 4 is 0 Å². The number of hydrogen-bond acceptors (Lipinski definition) is 4. The van der Waals surface area contributed by atoms with Gasteiger partial charge in [-0.25, -0.2) is 0 Å². The van der Waals surface area contributed by atoms with Crippen molar-refractivity contribution in [2.45, 2.75) is 13.8 Å². The molecule has 0 unspecified atom stereocenters. The van der Waals surface area contributed by atoms with Gasteiger partial charge in [-0.15, -0.1) is 0 Å². The molecule has 1 aromatic carbocycles. The van der Waals surface area contributed by atoms with Crippen LogP contribution in [0.15, 0.2) is 36.5 Å². The first-order valence-corrected chi connectivity index (χ1v) is 6.29. The van der Waals surface area contributed by atoms with E-state index >= 15 is 0 Å². The monoisotopic (exact) mass is 259 g/mol. The zero-order valence-corrected chi connectivity index (χ0v) is 11.1. The second-order valence-corrected chi connectivity index (χ2v) is 3.93. The first-order valence-electron chi connectivity index (χ1n) is 6.29. The number of benzene rings is 1. The van der Waals surface area contributed by atoms with Crippen molar-refractivity contribution < 1.29 is 14.6 Å². The molecule has 2 aromatic rings. The Hall–Kier alpha value is -2.23. The van der Waals surface area contributed by atoms with Gasteiger partial charge in [0.2, 0.25) is 0 Å².